The first-order chi connectivity index (χ1) is 6.93. The van der Waals surface area contributed by atoms with Crippen LogP contribution >= 0.6 is 15.9 Å². The molecule has 0 aromatic heterocycles. The molecular weight excluding hydrogens is 254 g/mol. The smallest absolute Gasteiger partial charge is 0.234 e. The summed E-state index contributed by atoms with van der Waals surface area (Å²) in [5, 5.41) is 2.99. The third-order valence-electron chi connectivity index (χ3n) is 2.29. The third kappa shape index (κ3) is 3.34. The van der Waals surface area contributed by atoms with Crippen molar-refractivity contribution in [1.29, 1.82) is 0 Å². The van der Waals surface area contributed by atoms with Crippen molar-refractivity contribution in [3.8, 4) is 0 Å². The van der Waals surface area contributed by atoms with Gasteiger partial charge in [-0.15, -0.1) is 0 Å². The van der Waals surface area contributed by atoms with Gasteiger partial charge in [-0.1, -0.05) is 46.3 Å². The van der Waals surface area contributed by atoms with Gasteiger partial charge in [-0.2, -0.15) is 0 Å². The summed E-state index contributed by atoms with van der Waals surface area (Å²) in [5.41, 5.74) is 0.770. The van der Waals surface area contributed by atoms with E-state index in [1.165, 1.54) is 0 Å². The van der Waals surface area contributed by atoms with E-state index < -0.39 is 0 Å². The van der Waals surface area contributed by atoms with Gasteiger partial charge >= 0.3 is 0 Å². The summed E-state index contributed by atoms with van der Waals surface area (Å²) in [4.78, 5) is 11.4. The van der Waals surface area contributed by atoms with Crippen molar-refractivity contribution in [1.82, 2.24) is 5.32 Å². The molecule has 1 N–H and O–H groups in total. The molecule has 0 radical (unpaired) electrons. The lowest BCUT2D eigenvalue weighted by Gasteiger charge is -2.27. The Kier molecular flexibility index (Phi) is 3.91. The highest BCUT2D eigenvalue weighted by molar-refractivity contribution is 9.10. The zero-order valence-electron chi connectivity index (χ0n) is 9.25. The van der Waals surface area contributed by atoms with Crippen LogP contribution in [0, 0.1) is 0 Å². The van der Waals surface area contributed by atoms with Crippen LogP contribution in [0.5, 0.6) is 0 Å². The Balaban J connectivity index is 2.80. The predicted octanol–water partition coefficient (Wildman–Crippen LogP) is 2.82. The molecule has 0 aliphatic heterocycles. The summed E-state index contributed by atoms with van der Waals surface area (Å²) in [7, 11) is 0. The Morgan fingerprint density at radius 3 is 2.33 bits per heavy atom. The number of benzene rings is 1. The third-order valence-corrected chi connectivity index (χ3v) is 2.71. The first-order valence-corrected chi connectivity index (χ1v) is 5.86. The molecular formula is C12H16BrNO. The number of nitrogens with one attached hydrogen (secondary N) is 1. The number of halogens is 1. The summed E-state index contributed by atoms with van der Waals surface area (Å²) in [5.74, 6) is 0.00357. The quantitative estimate of drug-likeness (QED) is 0.841. The van der Waals surface area contributed by atoms with E-state index in [1.807, 2.05) is 51.1 Å². The van der Waals surface area contributed by atoms with Crippen molar-refractivity contribution < 1.29 is 4.79 Å². The van der Waals surface area contributed by atoms with Crippen LogP contribution in [0.3, 0.4) is 0 Å². The van der Waals surface area contributed by atoms with E-state index in [0.29, 0.717) is 0 Å². The molecule has 15 heavy (non-hydrogen) atoms. The van der Waals surface area contributed by atoms with Gasteiger partial charge in [0.05, 0.1) is 10.4 Å². The molecule has 0 spiro atoms. The van der Waals surface area contributed by atoms with Gasteiger partial charge in [0, 0.05) is 0 Å². The van der Waals surface area contributed by atoms with Crippen molar-refractivity contribution in [2.24, 2.45) is 0 Å². The maximum atomic E-state index is 11.6. The van der Waals surface area contributed by atoms with Crippen LogP contribution in [0.2, 0.25) is 0 Å². The van der Waals surface area contributed by atoms with Gasteiger partial charge in [0.2, 0.25) is 5.91 Å². The fourth-order valence-electron chi connectivity index (χ4n) is 1.33. The summed E-state index contributed by atoms with van der Waals surface area (Å²) >= 11 is 3.25. The van der Waals surface area contributed by atoms with E-state index in [-0.39, 0.29) is 16.3 Å². The van der Waals surface area contributed by atoms with E-state index in [0.717, 1.165) is 5.56 Å². The van der Waals surface area contributed by atoms with E-state index >= 15 is 0 Å². The molecule has 3 heteroatoms. The largest absolute Gasteiger partial charge is 0.346 e. The highest BCUT2D eigenvalue weighted by atomic mass is 79.9. The van der Waals surface area contributed by atoms with E-state index in [2.05, 4.69) is 21.2 Å². The molecule has 2 nitrogen and oxygen atoms in total. The van der Waals surface area contributed by atoms with Crippen LogP contribution in [0.4, 0.5) is 0 Å². The summed E-state index contributed by atoms with van der Waals surface area (Å²) in [6, 6.07) is 9.94. The minimum absolute atomic E-state index is 0.00357. The zero-order chi connectivity index (χ0) is 11.5. The highest BCUT2D eigenvalue weighted by Gasteiger charge is 2.23. The normalized spacial score (nSPS) is 13.3. The average molecular weight is 270 g/mol. The van der Waals surface area contributed by atoms with E-state index in [4.69, 9.17) is 0 Å². The minimum Gasteiger partial charge on any atom is -0.346 e. The number of rotatable bonds is 3. The second-order valence-corrected chi connectivity index (χ2v) is 5.47. The number of carbonyl (C=O) groups is 1. The fraction of sp³-hybridized carbons (Fsp3) is 0.417. The van der Waals surface area contributed by atoms with Gasteiger partial charge in [-0.3, -0.25) is 4.79 Å². The molecule has 0 saturated carbocycles. The van der Waals surface area contributed by atoms with Crippen LogP contribution in [0.15, 0.2) is 30.3 Å². The van der Waals surface area contributed by atoms with Crippen molar-refractivity contribution in [2.45, 2.75) is 31.1 Å². The molecule has 0 bridgehead atoms. The van der Waals surface area contributed by atoms with Gasteiger partial charge < -0.3 is 5.32 Å². The monoisotopic (exact) mass is 269 g/mol. The second-order valence-electron chi connectivity index (χ2n) is 4.10. The fourth-order valence-corrected chi connectivity index (χ4v) is 1.45. The number of hydrogen-bond donors (Lipinski definition) is 1. The summed E-state index contributed by atoms with van der Waals surface area (Å²) < 4.78 is 0. The first-order valence-electron chi connectivity index (χ1n) is 4.95. The Morgan fingerprint density at radius 1 is 1.33 bits per heavy atom. The Bertz CT molecular complexity index is 333. The van der Waals surface area contributed by atoms with Gasteiger partial charge in [0.25, 0.3) is 0 Å². The molecule has 0 heterocycles. The van der Waals surface area contributed by atoms with Gasteiger partial charge in [-0.25, -0.2) is 0 Å². The minimum atomic E-state index is -0.333. The molecule has 0 saturated heterocycles. The van der Waals surface area contributed by atoms with Crippen LogP contribution in [0.1, 0.15) is 26.3 Å². The molecule has 0 aliphatic rings. The Hall–Kier alpha value is -0.830. The molecule has 0 aliphatic carbocycles. The zero-order valence-corrected chi connectivity index (χ0v) is 10.8. The van der Waals surface area contributed by atoms with Gasteiger partial charge in [0.15, 0.2) is 0 Å². The van der Waals surface area contributed by atoms with Crippen LogP contribution in [-0.2, 0) is 10.3 Å². The highest BCUT2D eigenvalue weighted by Crippen LogP contribution is 2.19. The van der Waals surface area contributed by atoms with E-state index in [9.17, 15) is 4.79 Å². The van der Waals surface area contributed by atoms with Crippen molar-refractivity contribution in [3.05, 3.63) is 35.9 Å². The van der Waals surface area contributed by atoms with Crippen molar-refractivity contribution in [3.63, 3.8) is 0 Å². The number of alkyl halides is 1. The molecule has 1 rings (SSSR count). The number of carbonyl (C=O) groups excluding carboxylic acids is 1. The summed E-state index contributed by atoms with van der Waals surface area (Å²) in [6.45, 7) is 5.81. The second kappa shape index (κ2) is 4.79. The summed E-state index contributed by atoms with van der Waals surface area (Å²) in [6.07, 6.45) is 0. The van der Waals surface area contributed by atoms with Gasteiger partial charge in [0.1, 0.15) is 0 Å². The van der Waals surface area contributed by atoms with Crippen LogP contribution < -0.4 is 5.32 Å². The topological polar surface area (TPSA) is 29.1 Å². The molecule has 1 aromatic rings. The molecule has 0 fully saturated rings. The van der Waals surface area contributed by atoms with Crippen molar-refractivity contribution in [2.75, 3.05) is 0 Å². The van der Waals surface area contributed by atoms with Crippen LogP contribution in [-0.4, -0.2) is 10.7 Å². The lowest BCUT2D eigenvalue weighted by atomic mass is 9.94. The molecule has 1 unspecified atom stereocenters. The SMILES string of the molecule is CC(Br)C(=O)NC(C)(C)c1ccccc1. The van der Waals surface area contributed by atoms with Crippen LogP contribution in [0.25, 0.3) is 0 Å². The maximum absolute atomic E-state index is 11.6. The molecule has 1 amide bonds. The lowest BCUT2D eigenvalue weighted by Crippen LogP contribution is -2.43. The molecule has 1 aromatic carbocycles. The standard InChI is InChI=1S/C12H16BrNO/c1-9(13)11(15)14-12(2,3)10-7-5-4-6-8-10/h4-9H,1-3H3,(H,14,15). The maximum Gasteiger partial charge on any atom is 0.234 e. The number of hydrogen-bond acceptors (Lipinski definition) is 1. The molecule has 1 atom stereocenters. The Morgan fingerprint density at radius 2 is 1.87 bits per heavy atom. The molecule has 82 valence electrons. The number of amides is 1. The van der Waals surface area contributed by atoms with Gasteiger partial charge in [-0.05, 0) is 26.3 Å². The Labute approximate surface area is 99.2 Å². The first kappa shape index (κ1) is 12.2. The lowest BCUT2D eigenvalue weighted by molar-refractivity contribution is -0.121. The van der Waals surface area contributed by atoms with Crippen molar-refractivity contribution >= 4 is 21.8 Å². The predicted molar refractivity (Wildman–Crippen MR) is 66.0 cm³/mol. The van der Waals surface area contributed by atoms with E-state index in [1.54, 1.807) is 0 Å². The average Bonchev–Trinajstić information content (AvgIpc) is 2.18.